The van der Waals surface area contributed by atoms with E-state index in [1.807, 2.05) is 0 Å². The molecule has 2 fully saturated rings. The first-order valence-corrected chi connectivity index (χ1v) is 7.70. The molecule has 1 saturated carbocycles. The summed E-state index contributed by atoms with van der Waals surface area (Å²) < 4.78 is 0. The molecule has 1 unspecified atom stereocenters. The Hall–Kier alpha value is -0.0800. The van der Waals surface area contributed by atoms with Gasteiger partial charge in [-0.3, -0.25) is 4.90 Å². The second-order valence-corrected chi connectivity index (χ2v) is 6.36. The van der Waals surface area contributed by atoms with Crippen molar-refractivity contribution in [2.75, 3.05) is 26.2 Å². The Morgan fingerprint density at radius 1 is 1.24 bits per heavy atom. The topological polar surface area (TPSA) is 15.3 Å². The lowest BCUT2D eigenvalue weighted by molar-refractivity contribution is 0.0869. The number of likely N-dealkylation sites (tertiary alicyclic amines) is 1. The zero-order valence-corrected chi connectivity index (χ0v) is 11.8. The molecule has 1 atom stereocenters. The van der Waals surface area contributed by atoms with Crippen LogP contribution in [0.15, 0.2) is 0 Å². The van der Waals surface area contributed by atoms with Gasteiger partial charge in [-0.05, 0) is 58.2 Å². The smallest absolute Gasteiger partial charge is 0.0181 e. The van der Waals surface area contributed by atoms with Crippen LogP contribution >= 0.6 is 0 Å². The molecular weight excluding hydrogens is 208 g/mol. The van der Waals surface area contributed by atoms with Crippen molar-refractivity contribution in [3.63, 3.8) is 0 Å². The van der Waals surface area contributed by atoms with Gasteiger partial charge in [-0.1, -0.05) is 26.2 Å². The highest BCUT2D eigenvalue weighted by Gasteiger charge is 2.37. The zero-order valence-electron chi connectivity index (χ0n) is 11.8. The van der Waals surface area contributed by atoms with Gasteiger partial charge in [0, 0.05) is 12.1 Å². The van der Waals surface area contributed by atoms with E-state index in [1.165, 1.54) is 71.1 Å². The monoisotopic (exact) mass is 238 g/mol. The third kappa shape index (κ3) is 3.45. The molecule has 1 heterocycles. The first kappa shape index (κ1) is 13.4. The zero-order chi connectivity index (χ0) is 12.1. The molecule has 0 aromatic heterocycles. The van der Waals surface area contributed by atoms with E-state index in [9.17, 15) is 0 Å². The highest BCUT2D eigenvalue weighted by atomic mass is 15.2. The van der Waals surface area contributed by atoms with Crippen molar-refractivity contribution in [1.29, 1.82) is 0 Å². The van der Waals surface area contributed by atoms with E-state index in [0.717, 1.165) is 5.92 Å². The minimum absolute atomic E-state index is 0.539. The SMILES string of the molecule is CCCNCC1CCN(C2(C)CCCCC2)C1. The summed E-state index contributed by atoms with van der Waals surface area (Å²) in [5, 5.41) is 3.59. The summed E-state index contributed by atoms with van der Waals surface area (Å²) in [6, 6.07) is 0. The van der Waals surface area contributed by atoms with E-state index in [1.54, 1.807) is 0 Å². The minimum atomic E-state index is 0.539. The molecule has 1 aliphatic heterocycles. The number of hydrogen-bond acceptors (Lipinski definition) is 2. The highest BCUT2D eigenvalue weighted by Crippen LogP contribution is 2.36. The third-order valence-electron chi connectivity index (χ3n) is 4.84. The van der Waals surface area contributed by atoms with Gasteiger partial charge in [0.1, 0.15) is 0 Å². The molecule has 0 spiro atoms. The Labute approximate surface area is 107 Å². The summed E-state index contributed by atoms with van der Waals surface area (Å²) in [6.45, 7) is 9.86. The molecule has 0 bridgehead atoms. The lowest BCUT2D eigenvalue weighted by Gasteiger charge is -2.42. The first-order valence-electron chi connectivity index (χ1n) is 7.70. The van der Waals surface area contributed by atoms with Gasteiger partial charge < -0.3 is 5.32 Å². The van der Waals surface area contributed by atoms with Crippen LogP contribution in [0.2, 0.25) is 0 Å². The fraction of sp³-hybridized carbons (Fsp3) is 1.00. The maximum atomic E-state index is 3.59. The van der Waals surface area contributed by atoms with Crippen LogP contribution in [0.1, 0.15) is 58.8 Å². The summed E-state index contributed by atoms with van der Waals surface area (Å²) in [4.78, 5) is 2.80. The predicted molar refractivity (Wildman–Crippen MR) is 74.3 cm³/mol. The molecule has 2 aliphatic rings. The van der Waals surface area contributed by atoms with Gasteiger partial charge in [0.25, 0.3) is 0 Å². The van der Waals surface area contributed by atoms with E-state index in [0.29, 0.717) is 5.54 Å². The van der Waals surface area contributed by atoms with Crippen LogP contribution in [0.3, 0.4) is 0 Å². The van der Waals surface area contributed by atoms with Crippen molar-refractivity contribution in [3.8, 4) is 0 Å². The van der Waals surface area contributed by atoms with Crippen molar-refractivity contribution in [3.05, 3.63) is 0 Å². The van der Waals surface area contributed by atoms with Crippen molar-refractivity contribution in [1.82, 2.24) is 10.2 Å². The average molecular weight is 238 g/mol. The second-order valence-electron chi connectivity index (χ2n) is 6.36. The first-order chi connectivity index (χ1) is 8.24. The van der Waals surface area contributed by atoms with Crippen LogP contribution in [-0.4, -0.2) is 36.6 Å². The Balaban J connectivity index is 1.76. The van der Waals surface area contributed by atoms with Crippen LogP contribution < -0.4 is 5.32 Å². The van der Waals surface area contributed by atoms with Crippen LogP contribution in [-0.2, 0) is 0 Å². The summed E-state index contributed by atoms with van der Waals surface area (Å²) in [6.07, 6.45) is 9.90. The molecule has 0 radical (unpaired) electrons. The minimum Gasteiger partial charge on any atom is -0.316 e. The van der Waals surface area contributed by atoms with Crippen molar-refractivity contribution >= 4 is 0 Å². The van der Waals surface area contributed by atoms with Crippen molar-refractivity contribution < 1.29 is 0 Å². The Morgan fingerprint density at radius 2 is 2.00 bits per heavy atom. The molecule has 0 aromatic rings. The normalized spacial score (nSPS) is 29.6. The van der Waals surface area contributed by atoms with Crippen LogP contribution in [0, 0.1) is 5.92 Å². The molecule has 2 nitrogen and oxygen atoms in total. The molecule has 100 valence electrons. The van der Waals surface area contributed by atoms with Gasteiger partial charge in [0.2, 0.25) is 0 Å². The van der Waals surface area contributed by atoms with Gasteiger partial charge >= 0.3 is 0 Å². The summed E-state index contributed by atoms with van der Waals surface area (Å²) in [7, 11) is 0. The number of nitrogens with one attached hydrogen (secondary N) is 1. The largest absolute Gasteiger partial charge is 0.316 e. The van der Waals surface area contributed by atoms with Gasteiger partial charge in [-0.2, -0.15) is 0 Å². The molecule has 17 heavy (non-hydrogen) atoms. The fourth-order valence-corrected chi connectivity index (χ4v) is 3.60. The third-order valence-corrected chi connectivity index (χ3v) is 4.84. The van der Waals surface area contributed by atoms with E-state index in [2.05, 4.69) is 24.1 Å². The standard InChI is InChI=1S/C15H30N2/c1-3-10-16-12-14-7-11-17(13-14)15(2)8-5-4-6-9-15/h14,16H,3-13H2,1-2H3. The van der Waals surface area contributed by atoms with Crippen LogP contribution in [0.4, 0.5) is 0 Å². The molecule has 1 saturated heterocycles. The predicted octanol–water partition coefficient (Wildman–Crippen LogP) is 3.03. The molecule has 1 aliphatic carbocycles. The fourth-order valence-electron chi connectivity index (χ4n) is 3.60. The molecule has 2 rings (SSSR count). The maximum absolute atomic E-state index is 3.59. The quantitative estimate of drug-likeness (QED) is 0.741. The number of nitrogens with zero attached hydrogens (tertiary/aromatic N) is 1. The summed E-state index contributed by atoms with van der Waals surface area (Å²) in [5.41, 5.74) is 0.539. The van der Waals surface area contributed by atoms with E-state index in [-0.39, 0.29) is 0 Å². The summed E-state index contributed by atoms with van der Waals surface area (Å²) >= 11 is 0. The summed E-state index contributed by atoms with van der Waals surface area (Å²) in [5.74, 6) is 0.903. The second kappa shape index (κ2) is 6.19. The van der Waals surface area contributed by atoms with Crippen molar-refractivity contribution in [2.24, 2.45) is 5.92 Å². The molecule has 0 aromatic carbocycles. The Morgan fingerprint density at radius 3 is 2.71 bits per heavy atom. The van der Waals surface area contributed by atoms with Gasteiger partial charge in [0.15, 0.2) is 0 Å². The average Bonchev–Trinajstić information content (AvgIpc) is 2.80. The van der Waals surface area contributed by atoms with E-state index in [4.69, 9.17) is 0 Å². The Kier molecular flexibility index (Phi) is 4.87. The van der Waals surface area contributed by atoms with Crippen LogP contribution in [0.25, 0.3) is 0 Å². The van der Waals surface area contributed by atoms with Gasteiger partial charge in [-0.25, -0.2) is 0 Å². The lowest BCUT2D eigenvalue weighted by atomic mass is 9.82. The van der Waals surface area contributed by atoms with Gasteiger partial charge in [0.05, 0.1) is 0 Å². The molecule has 1 N–H and O–H groups in total. The maximum Gasteiger partial charge on any atom is 0.0181 e. The van der Waals surface area contributed by atoms with Crippen molar-refractivity contribution in [2.45, 2.75) is 64.3 Å². The van der Waals surface area contributed by atoms with E-state index >= 15 is 0 Å². The lowest BCUT2D eigenvalue weighted by Crippen LogP contribution is -2.46. The molecule has 0 amide bonds. The number of rotatable bonds is 5. The highest BCUT2D eigenvalue weighted by molar-refractivity contribution is 4.93. The van der Waals surface area contributed by atoms with E-state index < -0.39 is 0 Å². The van der Waals surface area contributed by atoms with Crippen LogP contribution in [0.5, 0.6) is 0 Å². The molecular formula is C15H30N2. The molecule has 2 heteroatoms. The Bertz CT molecular complexity index is 221. The number of hydrogen-bond donors (Lipinski definition) is 1. The van der Waals surface area contributed by atoms with Gasteiger partial charge in [-0.15, -0.1) is 0 Å².